The van der Waals surface area contributed by atoms with E-state index in [1.807, 2.05) is 12.1 Å². The fourth-order valence-electron chi connectivity index (χ4n) is 3.16. The molecule has 4 rings (SSSR count). The van der Waals surface area contributed by atoms with Gasteiger partial charge in [-0.05, 0) is 56.5 Å². The monoisotopic (exact) mass is 371 g/mol. The van der Waals surface area contributed by atoms with Gasteiger partial charge in [0.25, 0.3) is 5.89 Å². The van der Waals surface area contributed by atoms with Gasteiger partial charge in [0.2, 0.25) is 5.89 Å². The zero-order valence-corrected chi connectivity index (χ0v) is 14.8. The molecule has 5 heteroatoms. The summed E-state index contributed by atoms with van der Waals surface area (Å²) in [7, 11) is 0. The number of rotatable bonds is 3. The first kappa shape index (κ1) is 14.7. The summed E-state index contributed by atoms with van der Waals surface area (Å²) in [6.07, 6.45) is 3.58. The van der Waals surface area contributed by atoms with Crippen molar-refractivity contribution in [1.82, 2.24) is 14.8 Å². The molecule has 0 unspecified atom stereocenters. The molecule has 1 saturated carbocycles. The van der Waals surface area contributed by atoms with Gasteiger partial charge >= 0.3 is 0 Å². The lowest BCUT2D eigenvalue weighted by atomic mass is 9.85. The van der Waals surface area contributed by atoms with Crippen LogP contribution in [0.2, 0.25) is 0 Å². The van der Waals surface area contributed by atoms with Crippen molar-refractivity contribution in [3.63, 3.8) is 0 Å². The van der Waals surface area contributed by atoms with Crippen LogP contribution in [0.25, 0.3) is 17.3 Å². The number of hydrogen-bond acceptors (Lipinski definition) is 3. The first-order valence-electron chi connectivity index (χ1n) is 7.92. The average molecular weight is 372 g/mol. The standard InChI is InChI=1S/C18H18BrN3O/c1-11-9-12(2)22(15-8-4-7-14(19)10-15)16(11)18-21-20-17(23-18)13-5-3-6-13/h4,7-10,13H,3,5-6H2,1-2H3. The topological polar surface area (TPSA) is 43.9 Å². The maximum atomic E-state index is 6.01. The predicted molar refractivity (Wildman–Crippen MR) is 92.8 cm³/mol. The number of benzene rings is 1. The van der Waals surface area contributed by atoms with Crippen molar-refractivity contribution in [2.75, 3.05) is 0 Å². The molecule has 1 aliphatic rings. The Kier molecular flexibility index (Phi) is 3.60. The van der Waals surface area contributed by atoms with E-state index in [2.05, 4.69) is 62.7 Å². The lowest BCUT2D eigenvalue weighted by Gasteiger charge is -2.20. The van der Waals surface area contributed by atoms with Gasteiger partial charge in [-0.15, -0.1) is 10.2 Å². The van der Waals surface area contributed by atoms with Crippen LogP contribution in [-0.4, -0.2) is 14.8 Å². The van der Waals surface area contributed by atoms with Gasteiger partial charge < -0.3 is 8.98 Å². The van der Waals surface area contributed by atoms with Crippen molar-refractivity contribution < 1.29 is 4.42 Å². The fraction of sp³-hybridized carbons (Fsp3) is 0.333. The molecular weight excluding hydrogens is 354 g/mol. The van der Waals surface area contributed by atoms with Crippen LogP contribution in [0.5, 0.6) is 0 Å². The van der Waals surface area contributed by atoms with Gasteiger partial charge in [-0.25, -0.2) is 0 Å². The van der Waals surface area contributed by atoms with Gasteiger partial charge in [0, 0.05) is 21.8 Å². The minimum atomic E-state index is 0.451. The van der Waals surface area contributed by atoms with E-state index in [0.29, 0.717) is 11.8 Å². The fourth-order valence-corrected chi connectivity index (χ4v) is 3.55. The van der Waals surface area contributed by atoms with Crippen molar-refractivity contribution >= 4 is 15.9 Å². The van der Waals surface area contributed by atoms with Gasteiger partial charge in [0.1, 0.15) is 5.69 Å². The molecule has 4 nitrogen and oxygen atoms in total. The van der Waals surface area contributed by atoms with Crippen molar-refractivity contribution in [1.29, 1.82) is 0 Å². The summed E-state index contributed by atoms with van der Waals surface area (Å²) in [6, 6.07) is 10.4. The van der Waals surface area contributed by atoms with Crippen LogP contribution in [0, 0.1) is 13.8 Å². The van der Waals surface area contributed by atoms with Crippen molar-refractivity contribution in [3.8, 4) is 17.3 Å². The van der Waals surface area contributed by atoms with Crippen LogP contribution in [0.15, 0.2) is 39.2 Å². The van der Waals surface area contributed by atoms with Gasteiger partial charge in [0.05, 0.1) is 0 Å². The summed E-state index contributed by atoms with van der Waals surface area (Å²) in [6.45, 7) is 4.19. The van der Waals surface area contributed by atoms with E-state index in [1.165, 1.54) is 6.42 Å². The Balaban J connectivity index is 1.83. The van der Waals surface area contributed by atoms with Crippen LogP contribution in [0.1, 0.15) is 42.3 Å². The van der Waals surface area contributed by atoms with Gasteiger partial charge in [-0.3, -0.25) is 0 Å². The van der Waals surface area contributed by atoms with Crippen LogP contribution in [-0.2, 0) is 0 Å². The number of aryl methyl sites for hydroxylation is 2. The molecule has 1 fully saturated rings. The van der Waals surface area contributed by atoms with Gasteiger partial charge in [0.15, 0.2) is 0 Å². The third kappa shape index (κ3) is 2.53. The van der Waals surface area contributed by atoms with E-state index in [4.69, 9.17) is 4.42 Å². The van der Waals surface area contributed by atoms with Crippen molar-refractivity contribution in [3.05, 3.63) is 52.0 Å². The minimum Gasteiger partial charge on any atom is -0.419 e. The van der Waals surface area contributed by atoms with Gasteiger partial charge in [-0.1, -0.05) is 28.4 Å². The van der Waals surface area contributed by atoms with Crippen molar-refractivity contribution in [2.24, 2.45) is 0 Å². The second kappa shape index (κ2) is 5.64. The average Bonchev–Trinajstić information content (AvgIpc) is 3.01. The zero-order chi connectivity index (χ0) is 16.0. The molecule has 0 atom stereocenters. The molecule has 1 aromatic carbocycles. The van der Waals surface area contributed by atoms with E-state index in [9.17, 15) is 0 Å². The number of halogens is 1. The highest BCUT2D eigenvalue weighted by Crippen LogP contribution is 2.37. The molecule has 0 N–H and O–H groups in total. The van der Waals surface area contributed by atoms with E-state index in [1.54, 1.807) is 0 Å². The van der Waals surface area contributed by atoms with Crippen LogP contribution in [0.4, 0.5) is 0 Å². The summed E-state index contributed by atoms with van der Waals surface area (Å²) in [5.74, 6) is 1.84. The summed E-state index contributed by atoms with van der Waals surface area (Å²) in [5, 5.41) is 8.60. The molecule has 0 saturated heterocycles. The Morgan fingerprint density at radius 1 is 1.17 bits per heavy atom. The number of nitrogens with zero attached hydrogens (tertiary/aromatic N) is 3. The molecule has 0 aliphatic heterocycles. The lowest BCUT2D eigenvalue weighted by Crippen LogP contribution is -2.08. The number of hydrogen-bond donors (Lipinski definition) is 0. The minimum absolute atomic E-state index is 0.451. The van der Waals surface area contributed by atoms with Crippen LogP contribution < -0.4 is 0 Å². The van der Waals surface area contributed by atoms with Crippen LogP contribution >= 0.6 is 15.9 Å². The molecule has 23 heavy (non-hydrogen) atoms. The highest BCUT2D eigenvalue weighted by molar-refractivity contribution is 9.10. The van der Waals surface area contributed by atoms with E-state index in [0.717, 1.165) is 45.8 Å². The molecular formula is C18H18BrN3O. The highest BCUT2D eigenvalue weighted by atomic mass is 79.9. The third-order valence-corrected chi connectivity index (χ3v) is 5.03. The maximum Gasteiger partial charge on any atom is 0.264 e. The molecule has 3 aromatic rings. The highest BCUT2D eigenvalue weighted by Gasteiger charge is 2.27. The Bertz CT molecular complexity index is 861. The lowest BCUT2D eigenvalue weighted by molar-refractivity contribution is 0.338. The smallest absolute Gasteiger partial charge is 0.264 e. The molecule has 0 radical (unpaired) electrons. The zero-order valence-electron chi connectivity index (χ0n) is 13.2. The second-order valence-corrected chi connectivity index (χ2v) is 7.12. The van der Waals surface area contributed by atoms with E-state index in [-0.39, 0.29) is 0 Å². The Morgan fingerprint density at radius 2 is 2.00 bits per heavy atom. The largest absolute Gasteiger partial charge is 0.419 e. The van der Waals surface area contributed by atoms with E-state index < -0.39 is 0 Å². The number of aromatic nitrogens is 3. The predicted octanol–water partition coefficient (Wildman–Crippen LogP) is 5.17. The second-order valence-electron chi connectivity index (χ2n) is 6.21. The van der Waals surface area contributed by atoms with Gasteiger partial charge in [-0.2, -0.15) is 0 Å². The normalized spacial score (nSPS) is 14.9. The summed E-state index contributed by atoms with van der Waals surface area (Å²) >= 11 is 3.55. The summed E-state index contributed by atoms with van der Waals surface area (Å²) < 4.78 is 9.23. The van der Waals surface area contributed by atoms with Crippen molar-refractivity contribution in [2.45, 2.75) is 39.0 Å². The molecule has 118 valence electrons. The first-order valence-corrected chi connectivity index (χ1v) is 8.71. The Labute approximate surface area is 143 Å². The van der Waals surface area contributed by atoms with Crippen LogP contribution in [0.3, 0.4) is 0 Å². The summed E-state index contributed by atoms with van der Waals surface area (Å²) in [4.78, 5) is 0. The third-order valence-electron chi connectivity index (χ3n) is 4.54. The first-order chi connectivity index (χ1) is 11.1. The quantitative estimate of drug-likeness (QED) is 0.637. The molecule has 2 aromatic heterocycles. The maximum absolute atomic E-state index is 6.01. The molecule has 0 bridgehead atoms. The SMILES string of the molecule is Cc1cc(C)n(-c2cccc(Br)c2)c1-c1nnc(C2CCC2)o1. The molecule has 2 heterocycles. The molecule has 0 amide bonds. The summed E-state index contributed by atoms with van der Waals surface area (Å²) in [5.41, 5.74) is 4.37. The van der Waals surface area contributed by atoms with E-state index >= 15 is 0 Å². The molecule has 1 aliphatic carbocycles. The Hall–Kier alpha value is -1.88. The Morgan fingerprint density at radius 3 is 2.70 bits per heavy atom. The molecule has 0 spiro atoms.